The van der Waals surface area contributed by atoms with Crippen molar-refractivity contribution in [3.05, 3.63) is 57.3 Å². The van der Waals surface area contributed by atoms with Crippen molar-refractivity contribution in [2.45, 2.75) is 32.9 Å². The normalized spacial score (nSPS) is 13.8. The first-order valence-electron chi connectivity index (χ1n) is 6.60. The van der Waals surface area contributed by atoms with Crippen molar-refractivity contribution in [3.63, 3.8) is 0 Å². The molecule has 1 aromatic heterocycles. The van der Waals surface area contributed by atoms with Crippen molar-refractivity contribution in [1.82, 2.24) is 5.32 Å². The molecular weight excluding hydrogens is 268 g/mol. The highest BCUT2D eigenvalue weighted by Crippen LogP contribution is 2.21. The molecule has 3 nitrogen and oxygen atoms in total. The predicted octanol–water partition coefficient (Wildman–Crippen LogP) is 2.86. The van der Waals surface area contributed by atoms with Gasteiger partial charge in [-0.1, -0.05) is 30.3 Å². The predicted molar refractivity (Wildman–Crippen MR) is 83.6 cm³/mol. The maximum Gasteiger partial charge on any atom is 0.244 e. The number of carbonyl (C=O) groups is 1. The molecule has 0 saturated heterocycles. The van der Waals surface area contributed by atoms with Crippen molar-refractivity contribution in [2.24, 2.45) is 5.73 Å². The molecule has 20 heavy (non-hydrogen) atoms. The minimum Gasteiger partial charge on any atom is -0.349 e. The van der Waals surface area contributed by atoms with Gasteiger partial charge in [-0.3, -0.25) is 4.79 Å². The lowest BCUT2D eigenvalue weighted by Gasteiger charge is -2.23. The number of amides is 1. The summed E-state index contributed by atoms with van der Waals surface area (Å²) in [4.78, 5) is 14.7. The molecule has 1 atom stereocenters. The summed E-state index contributed by atoms with van der Waals surface area (Å²) in [6, 6.07) is 11.5. The number of thiophene rings is 1. The lowest BCUT2D eigenvalue weighted by molar-refractivity contribution is -0.126. The number of hydrogen-bond acceptors (Lipinski definition) is 3. The van der Waals surface area contributed by atoms with Gasteiger partial charge in [0.1, 0.15) is 5.54 Å². The van der Waals surface area contributed by atoms with Crippen LogP contribution >= 0.6 is 11.3 Å². The van der Waals surface area contributed by atoms with Crippen molar-refractivity contribution in [3.8, 4) is 0 Å². The topological polar surface area (TPSA) is 55.1 Å². The van der Waals surface area contributed by atoms with E-state index in [2.05, 4.69) is 25.2 Å². The maximum absolute atomic E-state index is 12.3. The SMILES string of the molecule is Cc1cc(CNC(=O)C(C)(N)c2ccccc2)sc1C. The van der Waals surface area contributed by atoms with Crippen LogP contribution < -0.4 is 11.1 Å². The zero-order valence-corrected chi connectivity index (χ0v) is 12.9. The Hall–Kier alpha value is -1.65. The number of hydrogen-bond donors (Lipinski definition) is 2. The van der Waals surface area contributed by atoms with E-state index in [4.69, 9.17) is 5.73 Å². The van der Waals surface area contributed by atoms with Gasteiger partial charge >= 0.3 is 0 Å². The first-order valence-corrected chi connectivity index (χ1v) is 7.41. The highest BCUT2D eigenvalue weighted by Gasteiger charge is 2.30. The largest absolute Gasteiger partial charge is 0.349 e. The summed E-state index contributed by atoms with van der Waals surface area (Å²) in [6.45, 7) is 6.43. The molecular formula is C16H20N2OS. The van der Waals surface area contributed by atoms with Gasteiger partial charge in [-0.2, -0.15) is 0 Å². The number of carbonyl (C=O) groups excluding carboxylic acids is 1. The number of aryl methyl sites for hydroxylation is 2. The molecule has 0 saturated carbocycles. The zero-order chi connectivity index (χ0) is 14.8. The molecule has 3 N–H and O–H groups in total. The summed E-state index contributed by atoms with van der Waals surface area (Å²) in [5.74, 6) is -0.160. The molecule has 0 bridgehead atoms. The third-order valence-electron chi connectivity index (χ3n) is 3.49. The summed E-state index contributed by atoms with van der Waals surface area (Å²) in [6.07, 6.45) is 0. The molecule has 106 valence electrons. The quantitative estimate of drug-likeness (QED) is 0.909. The second-order valence-corrected chi connectivity index (χ2v) is 6.54. The van der Waals surface area contributed by atoms with Gasteiger partial charge in [0.15, 0.2) is 0 Å². The Labute approximate surface area is 123 Å². The van der Waals surface area contributed by atoms with E-state index in [0.29, 0.717) is 6.54 Å². The Morgan fingerprint density at radius 2 is 1.95 bits per heavy atom. The van der Waals surface area contributed by atoms with Crippen molar-refractivity contribution < 1.29 is 4.79 Å². The van der Waals surface area contributed by atoms with Crippen molar-refractivity contribution in [2.75, 3.05) is 0 Å². The van der Waals surface area contributed by atoms with E-state index < -0.39 is 5.54 Å². The van der Waals surface area contributed by atoms with Crippen LogP contribution in [0.3, 0.4) is 0 Å². The van der Waals surface area contributed by atoms with Gasteiger partial charge in [-0.15, -0.1) is 11.3 Å². The molecule has 2 aromatic rings. The maximum atomic E-state index is 12.3. The van der Waals surface area contributed by atoms with E-state index in [-0.39, 0.29) is 5.91 Å². The van der Waals surface area contributed by atoms with Gasteiger partial charge in [0.05, 0.1) is 6.54 Å². The third-order valence-corrected chi connectivity index (χ3v) is 4.64. The minimum absolute atomic E-state index is 0.160. The van der Waals surface area contributed by atoms with Gasteiger partial charge in [-0.05, 0) is 38.0 Å². The number of nitrogens with one attached hydrogen (secondary N) is 1. The van der Waals surface area contributed by atoms with Crippen LogP contribution in [-0.4, -0.2) is 5.91 Å². The average molecular weight is 288 g/mol. The van der Waals surface area contributed by atoms with E-state index >= 15 is 0 Å². The molecule has 2 rings (SSSR count). The molecule has 0 aliphatic rings. The van der Waals surface area contributed by atoms with Crippen LogP contribution in [-0.2, 0) is 16.9 Å². The Morgan fingerprint density at radius 1 is 1.30 bits per heavy atom. The second kappa shape index (κ2) is 5.77. The molecule has 0 aliphatic heterocycles. The summed E-state index contributed by atoms with van der Waals surface area (Å²) in [5, 5.41) is 2.92. The number of nitrogens with two attached hydrogens (primary N) is 1. The minimum atomic E-state index is -1.01. The van der Waals surface area contributed by atoms with E-state index in [0.717, 1.165) is 10.4 Å². The van der Waals surface area contributed by atoms with E-state index in [1.807, 2.05) is 30.3 Å². The number of benzene rings is 1. The van der Waals surface area contributed by atoms with Crippen molar-refractivity contribution >= 4 is 17.2 Å². The highest BCUT2D eigenvalue weighted by atomic mass is 32.1. The standard InChI is InChI=1S/C16H20N2OS/c1-11-9-14(20-12(11)2)10-18-15(19)16(3,17)13-7-5-4-6-8-13/h4-9H,10,17H2,1-3H3,(H,18,19). The Bertz CT molecular complexity index is 583. The van der Waals surface area contributed by atoms with Gasteiger partial charge in [0.2, 0.25) is 5.91 Å². The molecule has 4 heteroatoms. The summed E-state index contributed by atoms with van der Waals surface area (Å²) in [5.41, 5.74) is 7.24. The fourth-order valence-electron chi connectivity index (χ4n) is 2.00. The molecule has 0 aliphatic carbocycles. The Balaban J connectivity index is 2.04. The molecule has 0 fully saturated rings. The first kappa shape index (κ1) is 14.8. The van der Waals surface area contributed by atoms with E-state index in [1.54, 1.807) is 18.3 Å². The summed E-state index contributed by atoms with van der Waals surface area (Å²) in [7, 11) is 0. The second-order valence-electron chi connectivity index (χ2n) is 5.20. The van der Waals surface area contributed by atoms with E-state index in [9.17, 15) is 4.79 Å². The third kappa shape index (κ3) is 3.08. The van der Waals surface area contributed by atoms with Crippen LogP contribution in [0.1, 0.15) is 27.8 Å². The Kier molecular flexibility index (Phi) is 4.26. The van der Waals surface area contributed by atoms with Crippen LogP contribution in [0.5, 0.6) is 0 Å². The van der Waals surface area contributed by atoms with Crippen molar-refractivity contribution in [1.29, 1.82) is 0 Å². The first-order chi connectivity index (χ1) is 9.41. The van der Waals surface area contributed by atoms with Gasteiger partial charge in [0, 0.05) is 9.75 Å². The number of rotatable bonds is 4. The van der Waals surface area contributed by atoms with Crippen LogP contribution in [0.25, 0.3) is 0 Å². The van der Waals surface area contributed by atoms with Gasteiger partial charge in [-0.25, -0.2) is 0 Å². The van der Waals surface area contributed by atoms with Crippen LogP contribution in [0.2, 0.25) is 0 Å². The molecule has 1 heterocycles. The lowest BCUT2D eigenvalue weighted by Crippen LogP contribution is -2.48. The lowest BCUT2D eigenvalue weighted by atomic mass is 9.92. The summed E-state index contributed by atoms with van der Waals surface area (Å²) < 4.78 is 0. The molecule has 0 radical (unpaired) electrons. The van der Waals surface area contributed by atoms with Crippen LogP contribution in [0.4, 0.5) is 0 Å². The van der Waals surface area contributed by atoms with Crippen LogP contribution in [0.15, 0.2) is 36.4 Å². The molecule has 0 spiro atoms. The molecule has 1 aromatic carbocycles. The average Bonchev–Trinajstić information content (AvgIpc) is 2.76. The smallest absolute Gasteiger partial charge is 0.244 e. The van der Waals surface area contributed by atoms with Gasteiger partial charge in [0.25, 0.3) is 0 Å². The molecule has 1 amide bonds. The molecule has 1 unspecified atom stereocenters. The fraction of sp³-hybridized carbons (Fsp3) is 0.312. The van der Waals surface area contributed by atoms with Crippen LogP contribution in [0, 0.1) is 13.8 Å². The van der Waals surface area contributed by atoms with E-state index in [1.165, 1.54) is 10.4 Å². The van der Waals surface area contributed by atoms with Gasteiger partial charge < -0.3 is 11.1 Å². The fourth-order valence-corrected chi connectivity index (χ4v) is 3.00. The monoisotopic (exact) mass is 288 g/mol. The zero-order valence-electron chi connectivity index (χ0n) is 12.1. The highest BCUT2D eigenvalue weighted by molar-refractivity contribution is 7.12. The Morgan fingerprint density at radius 3 is 2.50 bits per heavy atom. The summed E-state index contributed by atoms with van der Waals surface area (Å²) >= 11 is 1.71.